The van der Waals surface area contributed by atoms with Crippen LogP contribution >= 0.6 is 11.6 Å². The lowest BCUT2D eigenvalue weighted by atomic mass is 9.68. The van der Waals surface area contributed by atoms with Gasteiger partial charge in [-0.3, -0.25) is 0 Å². The molecule has 21 heavy (non-hydrogen) atoms. The molecule has 1 heterocycles. The number of rotatable bonds is 2. The van der Waals surface area contributed by atoms with Crippen LogP contribution in [0.25, 0.3) is 0 Å². The molecule has 1 fully saturated rings. The predicted molar refractivity (Wildman–Crippen MR) is 87.1 cm³/mol. The van der Waals surface area contributed by atoms with E-state index in [0.29, 0.717) is 5.75 Å². The zero-order chi connectivity index (χ0) is 14.9. The summed E-state index contributed by atoms with van der Waals surface area (Å²) < 4.78 is 0. The van der Waals surface area contributed by atoms with E-state index in [9.17, 15) is 5.11 Å². The van der Waals surface area contributed by atoms with Crippen LogP contribution in [0, 0.1) is 0 Å². The summed E-state index contributed by atoms with van der Waals surface area (Å²) in [6, 6.07) is 15.9. The second kappa shape index (κ2) is 5.70. The Balaban J connectivity index is 2.09. The smallest absolute Gasteiger partial charge is 0.115 e. The van der Waals surface area contributed by atoms with Gasteiger partial charge in [-0.2, -0.15) is 0 Å². The van der Waals surface area contributed by atoms with Gasteiger partial charge in [-0.05, 0) is 68.4 Å². The normalized spacial score (nSPS) is 18.6. The lowest BCUT2D eigenvalue weighted by Crippen LogP contribution is -2.41. The van der Waals surface area contributed by atoms with Crippen molar-refractivity contribution >= 4 is 11.6 Å². The van der Waals surface area contributed by atoms with Crippen molar-refractivity contribution < 1.29 is 5.11 Å². The van der Waals surface area contributed by atoms with Crippen molar-refractivity contribution in [2.45, 2.75) is 18.3 Å². The van der Waals surface area contributed by atoms with Crippen LogP contribution in [0.3, 0.4) is 0 Å². The molecule has 0 saturated carbocycles. The summed E-state index contributed by atoms with van der Waals surface area (Å²) in [6.07, 6.45) is 2.10. The van der Waals surface area contributed by atoms with Crippen LogP contribution in [-0.2, 0) is 5.41 Å². The molecule has 0 amide bonds. The number of aromatic hydroxyl groups is 1. The Hall–Kier alpha value is -1.51. The summed E-state index contributed by atoms with van der Waals surface area (Å²) in [5, 5.41) is 10.6. The number of likely N-dealkylation sites (tertiary alicyclic amines) is 1. The first kappa shape index (κ1) is 14.4. The van der Waals surface area contributed by atoms with Crippen LogP contribution in [0.5, 0.6) is 5.75 Å². The van der Waals surface area contributed by atoms with Crippen molar-refractivity contribution in [3.8, 4) is 5.75 Å². The van der Waals surface area contributed by atoms with E-state index in [1.807, 2.05) is 24.3 Å². The maximum atomic E-state index is 9.87. The molecule has 3 heteroatoms. The first-order chi connectivity index (χ1) is 10.1. The molecule has 2 aromatic rings. The Morgan fingerprint density at radius 3 is 2.29 bits per heavy atom. The molecule has 3 rings (SSSR count). The van der Waals surface area contributed by atoms with Crippen molar-refractivity contribution in [1.29, 1.82) is 0 Å². The molecule has 0 aromatic heterocycles. The third-order valence-electron chi connectivity index (χ3n) is 4.64. The number of nitrogens with zero attached hydrogens (tertiary/aromatic N) is 1. The zero-order valence-electron chi connectivity index (χ0n) is 12.2. The molecular weight excluding hydrogens is 282 g/mol. The van der Waals surface area contributed by atoms with E-state index in [2.05, 4.69) is 30.1 Å². The SMILES string of the molecule is CN1CCC(c2ccc(Cl)cc2)(c2cccc(O)c2)CC1. The Bertz CT molecular complexity index is 615. The number of piperidine rings is 1. The lowest BCUT2D eigenvalue weighted by molar-refractivity contribution is 0.213. The molecule has 0 radical (unpaired) electrons. The molecule has 2 aromatic carbocycles. The topological polar surface area (TPSA) is 23.5 Å². The minimum atomic E-state index is -0.0319. The number of phenols is 1. The van der Waals surface area contributed by atoms with Crippen LogP contribution in [0.15, 0.2) is 48.5 Å². The number of benzene rings is 2. The molecule has 0 bridgehead atoms. The quantitative estimate of drug-likeness (QED) is 0.904. The summed E-state index contributed by atoms with van der Waals surface area (Å²) in [4.78, 5) is 2.36. The molecule has 2 nitrogen and oxygen atoms in total. The summed E-state index contributed by atoms with van der Waals surface area (Å²) in [5.41, 5.74) is 2.44. The van der Waals surface area contributed by atoms with Gasteiger partial charge in [-0.25, -0.2) is 0 Å². The first-order valence-corrected chi connectivity index (χ1v) is 7.72. The first-order valence-electron chi connectivity index (χ1n) is 7.34. The zero-order valence-corrected chi connectivity index (χ0v) is 13.0. The van der Waals surface area contributed by atoms with Gasteiger partial charge in [0.15, 0.2) is 0 Å². The molecule has 1 aliphatic heterocycles. The van der Waals surface area contributed by atoms with Crippen LogP contribution in [0.2, 0.25) is 5.02 Å². The molecule has 1 aliphatic rings. The summed E-state index contributed by atoms with van der Waals surface area (Å²) in [5.74, 6) is 0.333. The number of hydrogen-bond donors (Lipinski definition) is 1. The highest BCUT2D eigenvalue weighted by molar-refractivity contribution is 6.30. The van der Waals surface area contributed by atoms with Crippen LogP contribution in [0.1, 0.15) is 24.0 Å². The van der Waals surface area contributed by atoms with Gasteiger partial charge in [0.25, 0.3) is 0 Å². The maximum Gasteiger partial charge on any atom is 0.115 e. The van der Waals surface area contributed by atoms with Crippen molar-refractivity contribution in [2.75, 3.05) is 20.1 Å². The fourth-order valence-corrected chi connectivity index (χ4v) is 3.44. The lowest BCUT2D eigenvalue weighted by Gasteiger charge is -2.42. The molecule has 1 saturated heterocycles. The second-order valence-corrected chi connectivity index (χ2v) is 6.38. The third kappa shape index (κ3) is 2.78. The van der Waals surface area contributed by atoms with E-state index < -0.39 is 0 Å². The van der Waals surface area contributed by atoms with Crippen molar-refractivity contribution in [3.05, 3.63) is 64.7 Å². The molecule has 0 spiro atoms. The average Bonchev–Trinajstić information content (AvgIpc) is 2.49. The van der Waals surface area contributed by atoms with E-state index in [0.717, 1.165) is 31.0 Å². The van der Waals surface area contributed by atoms with Gasteiger partial charge >= 0.3 is 0 Å². The summed E-state index contributed by atoms with van der Waals surface area (Å²) >= 11 is 6.04. The standard InChI is InChI=1S/C18H20ClNO/c1-20-11-9-18(10-12-20,14-5-7-16(19)8-6-14)15-3-2-4-17(21)13-15/h2-8,13,21H,9-12H2,1H3. The van der Waals surface area contributed by atoms with E-state index in [4.69, 9.17) is 11.6 Å². The van der Waals surface area contributed by atoms with Crippen molar-refractivity contribution in [2.24, 2.45) is 0 Å². The van der Waals surface area contributed by atoms with E-state index >= 15 is 0 Å². The highest BCUT2D eigenvalue weighted by atomic mass is 35.5. The third-order valence-corrected chi connectivity index (χ3v) is 4.89. The fourth-order valence-electron chi connectivity index (χ4n) is 3.32. The Kier molecular flexibility index (Phi) is 3.92. The minimum absolute atomic E-state index is 0.0319. The molecule has 110 valence electrons. The monoisotopic (exact) mass is 301 g/mol. The molecular formula is C18H20ClNO. The van der Waals surface area contributed by atoms with Crippen LogP contribution < -0.4 is 0 Å². The van der Waals surface area contributed by atoms with Crippen molar-refractivity contribution in [1.82, 2.24) is 4.90 Å². The highest BCUT2D eigenvalue weighted by Gasteiger charge is 2.37. The number of halogens is 1. The maximum absolute atomic E-state index is 9.87. The molecule has 0 unspecified atom stereocenters. The fraction of sp³-hybridized carbons (Fsp3) is 0.333. The van der Waals surface area contributed by atoms with Gasteiger partial charge in [0.05, 0.1) is 0 Å². The summed E-state index contributed by atoms with van der Waals surface area (Å²) in [7, 11) is 2.16. The Morgan fingerprint density at radius 1 is 1.00 bits per heavy atom. The van der Waals surface area contributed by atoms with Gasteiger partial charge in [-0.1, -0.05) is 35.9 Å². The van der Waals surface area contributed by atoms with Gasteiger partial charge in [-0.15, -0.1) is 0 Å². The molecule has 0 atom stereocenters. The van der Waals surface area contributed by atoms with Gasteiger partial charge in [0, 0.05) is 10.4 Å². The van der Waals surface area contributed by atoms with Gasteiger partial charge < -0.3 is 10.0 Å². The number of hydrogen-bond acceptors (Lipinski definition) is 2. The van der Waals surface area contributed by atoms with Gasteiger partial charge in [0.1, 0.15) is 5.75 Å². The minimum Gasteiger partial charge on any atom is -0.508 e. The van der Waals surface area contributed by atoms with Gasteiger partial charge in [0.2, 0.25) is 0 Å². The van der Waals surface area contributed by atoms with E-state index in [1.54, 1.807) is 6.07 Å². The molecule has 0 aliphatic carbocycles. The van der Waals surface area contributed by atoms with Crippen LogP contribution in [0.4, 0.5) is 0 Å². The highest BCUT2D eigenvalue weighted by Crippen LogP contribution is 2.42. The Labute approximate surface area is 131 Å². The summed E-state index contributed by atoms with van der Waals surface area (Å²) in [6.45, 7) is 2.11. The predicted octanol–water partition coefficient (Wildman–Crippen LogP) is 4.06. The van der Waals surface area contributed by atoms with E-state index in [-0.39, 0.29) is 5.41 Å². The van der Waals surface area contributed by atoms with E-state index in [1.165, 1.54) is 11.1 Å². The number of phenolic OH excluding ortho intramolecular Hbond substituents is 1. The van der Waals surface area contributed by atoms with Crippen LogP contribution in [-0.4, -0.2) is 30.1 Å². The van der Waals surface area contributed by atoms with Crippen molar-refractivity contribution in [3.63, 3.8) is 0 Å². The average molecular weight is 302 g/mol. The molecule has 1 N–H and O–H groups in total. The Morgan fingerprint density at radius 2 is 1.67 bits per heavy atom. The largest absolute Gasteiger partial charge is 0.508 e. The second-order valence-electron chi connectivity index (χ2n) is 5.94.